The minimum atomic E-state index is 0.149. The summed E-state index contributed by atoms with van der Waals surface area (Å²) in [5.41, 5.74) is 2.18. The zero-order valence-corrected chi connectivity index (χ0v) is 15.5. The van der Waals surface area contributed by atoms with Crippen molar-refractivity contribution in [3.63, 3.8) is 0 Å². The minimum absolute atomic E-state index is 0.149. The summed E-state index contributed by atoms with van der Waals surface area (Å²) < 4.78 is 7.30. The Hall–Kier alpha value is -2.18. The zero-order chi connectivity index (χ0) is 18.0. The van der Waals surface area contributed by atoms with E-state index in [4.69, 9.17) is 4.52 Å². The number of rotatable bonds is 5. The highest BCUT2D eigenvalue weighted by Crippen LogP contribution is 2.23. The molecule has 1 fully saturated rings. The molecule has 1 unspecified atom stereocenters. The Morgan fingerprint density at radius 1 is 1.40 bits per heavy atom. The fraction of sp³-hybridized carbons (Fsp3) is 0.667. The van der Waals surface area contributed by atoms with Crippen LogP contribution in [0.1, 0.15) is 68.2 Å². The maximum Gasteiger partial charge on any atom is 0.227 e. The number of hydrogen-bond donors (Lipinski definition) is 0. The number of piperidine rings is 1. The van der Waals surface area contributed by atoms with E-state index in [0.29, 0.717) is 24.6 Å². The van der Waals surface area contributed by atoms with Crippen molar-refractivity contribution in [3.05, 3.63) is 29.2 Å². The number of aromatic nitrogens is 4. The number of likely N-dealkylation sites (tertiary alicyclic amines) is 1. The lowest BCUT2D eigenvalue weighted by molar-refractivity contribution is -0.133. The average molecular weight is 345 g/mol. The number of amides is 1. The first-order chi connectivity index (χ1) is 11.9. The fourth-order valence-corrected chi connectivity index (χ4v) is 3.37. The summed E-state index contributed by atoms with van der Waals surface area (Å²) in [6, 6.07) is 2.35. The topological polar surface area (TPSA) is 77.0 Å². The third-order valence-electron chi connectivity index (χ3n) is 4.69. The quantitative estimate of drug-likeness (QED) is 0.833. The second-order valence-corrected chi connectivity index (χ2v) is 7.21. The van der Waals surface area contributed by atoms with Crippen LogP contribution in [0.2, 0.25) is 0 Å². The molecule has 0 aliphatic carbocycles. The van der Waals surface area contributed by atoms with Gasteiger partial charge in [0.2, 0.25) is 11.8 Å². The van der Waals surface area contributed by atoms with Gasteiger partial charge in [-0.3, -0.25) is 9.48 Å². The first kappa shape index (κ1) is 17.6. The van der Waals surface area contributed by atoms with E-state index in [2.05, 4.69) is 32.9 Å². The van der Waals surface area contributed by atoms with Gasteiger partial charge < -0.3 is 9.42 Å². The van der Waals surface area contributed by atoms with E-state index in [9.17, 15) is 4.79 Å². The van der Waals surface area contributed by atoms with Gasteiger partial charge in [-0.2, -0.15) is 10.1 Å². The Balaban J connectivity index is 1.57. The Morgan fingerprint density at radius 3 is 2.84 bits per heavy atom. The normalized spacial score (nSPS) is 18.1. The number of carbonyl (C=O) groups excluding carboxylic acids is 1. The van der Waals surface area contributed by atoms with Gasteiger partial charge in [-0.15, -0.1) is 0 Å². The van der Waals surface area contributed by atoms with Crippen molar-refractivity contribution in [2.75, 3.05) is 13.1 Å². The lowest BCUT2D eigenvalue weighted by Gasteiger charge is -2.33. The second-order valence-electron chi connectivity index (χ2n) is 7.21. The molecule has 0 spiro atoms. The molecule has 1 aliphatic rings. The van der Waals surface area contributed by atoms with Crippen LogP contribution < -0.4 is 0 Å². The Labute approximate surface area is 148 Å². The van der Waals surface area contributed by atoms with Crippen LogP contribution in [0.25, 0.3) is 0 Å². The summed E-state index contributed by atoms with van der Waals surface area (Å²) in [7, 11) is 0. The van der Waals surface area contributed by atoms with Crippen molar-refractivity contribution in [2.45, 2.75) is 65.3 Å². The molecule has 2 aromatic heterocycles. The number of hydrogen-bond acceptors (Lipinski definition) is 5. The molecule has 0 aromatic carbocycles. The average Bonchev–Trinajstić information content (AvgIpc) is 3.19. The smallest absolute Gasteiger partial charge is 0.227 e. The van der Waals surface area contributed by atoms with Gasteiger partial charge in [-0.25, -0.2) is 0 Å². The fourth-order valence-electron chi connectivity index (χ4n) is 3.37. The molecule has 7 nitrogen and oxygen atoms in total. The zero-order valence-electron chi connectivity index (χ0n) is 15.5. The summed E-state index contributed by atoms with van der Waals surface area (Å²) in [5, 5.41) is 8.53. The molecule has 1 aliphatic heterocycles. The second kappa shape index (κ2) is 7.37. The molecule has 136 valence electrons. The number of carbonyl (C=O) groups is 1. The van der Waals surface area contributed by atoms with E-state index in [1.54, 1.807) is 0 Å². The molecule has 7 heteroatoms. The molecule has 1 amide bonds. The molecule has 0 N–H and O–H groups in total. The molecular weight excluding hydrogens is 318 g/mol. The standard InChI is InChI=1S/C18H27N5O2/c1-12(2)18-19-16(25-21-18)7-8-17(24)22-9-5-6-15(11-22)23-14(4)10-13(3)20-23/h10,12,15H,5-9,11H2,1-4H3. The SMILES string of the molecule is Cc1cc(C)n(C2CCCN(C(=O)CCc3nc(C(C)C)no3)C2)n1. The van der Waals surface area contributed by atoms with Gasteiger partial charge >= 0.3 is 0 Å². The van der Waals surface area contributed by atoms with E-state index in [0.717, 1.165) is 37.3 Å². The van der Waals surface area contributed by atoms with Crippen LogP contribution in [-0.4, -0.2) is 43.8 Å². The van der Waals surface area contributed by atoms with Gasteiger partial charge in [0.1, 0.15) is 0 Å². The predicted molar refractivity (Wildman–Crippen MR) is 93.3 cm³/mol. The summed E-state index contributed by atoms with van der Waals surface area (Å²) in [4.78, 5) is 18.9. The highest BCUT2D eigenvalue weighted by molar-refractivity contribution is 5.76. The predicted octanol–water partition coefficient (Wildman–Crippen LogP) is 2.80. The monoisotopic (exact) mass is 345 g/mol. The minimum Gasteiger partial charge on any atom is -0.341 e. The lowest BCUT2D eigenvalue weighted by Crippen LogP contribution is -2.41. The van der Waals surface area contributed by atoms with Gasteiger partial charge in [0.25, 0.3) is 0 Å². The van der Waals surface area contributed by atoms with Crippen molar-refractivity contribution in [3.8, 4) is 0 Å². The highest BCUT2D eigenvalue weighted by Gasteiger charge is 2.26. The molecule has 25 heavy (non-hydrogen) atoms. The Morgan fingerprint density at radius 2 is 2.20 bits per heavy atom. The molecule has 3 rings (SSSR count). The molecule has 3 heterocycles. The van der Waals surface area contributed by atoms with Crippen LogP contribution in [0.5, 0.6) is 0 Å². The summed E-state index contributed by atoms with van der Waals surface area (Å²) >= 11 is 0. The molecule has 0 radical (unpaired) electrons. The molecular formula is C18H27N5O2. The van der Waals surface area contributed by atoms with E-state index in [-0.39, 0.29) is 17.9 Å². The molecule has 1 saturated heterocycles. The van der Waals surface area contributed by atoms with Gasteiger partial charge in [-0.05, 0) is 32.8 Å². The van der Waals surface area contributed by atoms with Gasteiger partial charge in [0, 0.05) is 37.5 Å². The van der Waals surface area contributed by atoms with Crippen LogP contribution in [0.3, 0.4) is 0 Å². The van der Waals surface area contributed by atoms with Crippen molar-refractivity contribution < 1.29 is 9.32 Å². The molecule has 0 bridgehead atoms. The first-order valence-electron chi connectivity index (χ1n) is 9.07. The Kier molecular flexibility index (Phi) is 5.20. The van der Waals surface area contributed by atoms with Crippen LogP contribution in [0.4, 0.5) is 0 Å². The Bertz CT molecular complexity index is 734. The molecule has 1 atom stereocenters. The summed E-state index contributed by atoms with van der Waals surface area (Å²) in [5.74, 6) is 1.63. The van der Waals surface area contributed by atoms with Gasteiger partial charge in [0.05, 0.1) is 11.7 Å². The van der Waals surface area contributed by atoms with Gasteiger partial charge in [-0.1, -0.05) is 19.0 Å². The third-order valence-corrected chi connectivity index (χ3v) is 4.69. The summed E-state index contributed by atoms with van der Waals surface area (Å²) in [6.07, 6.45) is 2.98. The third kappa shape index (κ3) is 4.08. The summed E-state index contributed by atoms with van der Waals surface area (Å²) in [6.45, 7) is 9.66. The largest absolute Gasteiger partial charge is 0.341 e. The van der Waals surface area contributed by atoms with Crippen molar-refractivity contribution in [1.29, 1.82) is 0 Å². The van der Waals surface area contributed by atoms with E-state index in [1.165, 1.54) is 0 Å². The van der Waals surface area contributed by atoms with Crippen LogP contribution >= 0.6 is 0 Å². The van der Waals surface area contributed by atoms with E-state index >= 15 is 0 Å². The van der Waals surface area contributed by atoms with Crippen LogP contribution in [0, 0.1) is 13.8 Å². The van der Waals surface area contributed by atoms with Crippen molar-refractivity contribution >= 4 is 5.91 Å². The first-order valence-corrected chi connectivity index (χ1v) is 9.07. The molecule has 0 saturated carbocycles. The van der Waals surface area contributed by atoms with E-state index in [1.807, 2.05) is 25.7 Å². The molecule has 2 aromatic rings. The van der Waals surface area contributed by atoms with Crippen molar-refractivity contribution in [1.82, 2.24) is 24.8 Å². The van der Waals surface area contributed by atoms with E-state index < -0.39 is 0 Å². The van der Waals surface area contributed by atoms with Gasteiger partial charge in [0.15, 0.2) is 5.82 Å². The maximum atomic E-state index is 12.6. The number of aryl methyl sites for hydroxylation is 3. The lowest BCUT2D eigenvalue weighted by atomic mass is 10.0. The van der Waals surface area contributed by atoms with Crippen LogP contribution in [-0.2, 0) is 11.2 Å². The highest BCUT2D eigenvalue weighted by atomic mass is 16.5. The van der Waals surface area contributed by atoms with Crippen molar-refractivity contribution in [2.24, 2.45) is 0 Å². The number of nitrogens with zero attached hydrogens (tertiary/aromatic N) is 5. The van der Waals surface area contributed by atoms with Crippen LogP contribution in [0.15, 0.2) is 10.6 Å². The maximum absolute atomic E-state index is 12.6.